The molecule has 12 heteroatoms. The van der Waals surface area contributed by atoms with Gasteiger partial charge in [0.1, 0.15) is 17.5 Å². The molecule has 0 spiro atoms. The molecule has 3 aliphatic heterocycles. The molecule has 4 aromatic rings. The monoisotopic (exact) mass is 1180 g/mol. The first kappa shape index (κ1) is 66.2. The smallest absolute Gasteiger partial charge is 0.337 e. The van der Waals surface area contributed by atoms with Crippen LogP contribution in [0.3, 0.4) is 0 Å². The van der Waals surface area contributed by atoms with Crippen molar-refractivity contribution in [3.8, 4) is 11.5 Å². The van der Waals surface area contributed by atoms with Crippen LogP contribution in [0.5, 0.6) is 11.5 Å². The van der Waals surface area contributed by atoms with E-state index in [1.807, 2.05) is 103 Å². The maximum Gasteiger partial charge on any atom is 0.337 e. The Kier molecular flexibility index (Phi) is 21.3. The second-order valence-electron chi connectivity index (χ2n) is 26.2. The molecule has 7 atom stereocenters. The number of nitrogens with zero attached hydrogens (tertiary/aromatic N) is 4. The first-order valence-electron chi connectivity index (χ1n) is 29.9. The van der Waals surface area contributed by atoms with Crippen LogP contribution >= 0.6 is 0 Å². The van der Waals surface area contributed by atoms with Crippen molar-refractivity contribution in [3.05, 3.63) is 238 Å². The molecule has 0 fully saturated rings. The molecule has 87 heavy (non-hydrogen) atoms. The van der Waals surface area contributed by atoms with Crippen molar-refractivity contribution in [3.63, 3.8) is 0 Å². The van der Waals surface area contributed by atoms with Crippen LogP contribution in [0, 0.1) is 34.0 Å². The maximum atomic E-state index is 13.5. The standard InChI is InChI=1S/C30H35N3O2.C22H27NO3.C22H27NO2.CH4/c1-30(2,3)24-16-17-25-23(18-24)19-26(33(25)5)28(34)31-27(22-14-10-7-11-15-22)29(35)32(4)20-21-12-8-6-9-13-21;1-22(2,3)18-9-8-15-10-11-23(19(15)13-18)14-17-7-6-16(21(24)26-5)12-20(17)25-4;1-15(24)17-6-7-18(21(12-17)25-5)14-23-11-10-16-8-9-19(13-20(16)23)22(2,3)4;/h6-19,23,25,27H,20H2,1-5H3,(H,31,34);6-13,15,19H,14H2,1-5H3;6-13,16,20H,14H2,1-5H3;1H4. The summed E-state index contributed by atoms with van der Waals surface area (Å²) >= 11 is 0. The van der Waals surface area contributed by atoms with Gasteiger partial charge in [0.15, 0.2) is 5.78 Å². The highest BCUT2D eigenvalue weighted by Crippen LogP contribution is 2.41. The fraction of sp³-hybridized carbons (Fsp3) is 0.387. The van der Waals surface area contributed by atoms with E-state index in [0.29, 0.717) is 53.0 Å². The van der Waals surface area contributed by atoms with E-state index in [-0.39, 0.29) is 59.2 Å². The largest absolute Gasteiger partial charge is 0.496 e. The molecule has 4 aromatic carbocycles. The average Bonchev–Trinajstić information content (AvgIpc) is 1.80. The number of allylic oxidation sites excluding steroid dienone is 6. The minimum Gasteiger partial charge on any atom is -0.496 e. The number of hydrogen-bond donors (Lipinski definition) is 1. The Morgan fingerprint density at radius 3 is 1.53 bits per heavy atom. The van der Waals surface area contributed by atoms with Gasteiger partial charge in [0, 0.05) is 68.2 Å². The van der Waals surface area contributed by atoms with Gasteiger partial charge in [-0.1, -0.05) is 215 Å². The molecule has 0 saturated carbocycles. The van der Waals surface area contributed by atoms with E-state index >= 15 is 0 Å². The van der Waals surface area contributed by atoms with Crippen molar-refractivity contribution in [1.82, 2.24) is 24.9 Å². The third-order valence-corrected chi connectivity index (χ3v) is 16.9. The van der Waals surface area contributed by atoms with Gasteiger partial charge in [0.05, 0.1) is 50.7 Å². The Bertz CT molecular complexity index is 3420. The highest BCUT2D eigenvalue weighted by molar-refractivity contribution is 5.97. The van der Waals surface area contributed by atoms with E-state index in [2.05, 4.69) is 157 Å². The van der Waals surface area contributed by atoms with E-state index in [4.69, 9.17) is 14.2 Å². The number of hydrogen-bond acceptors (Lipinski definition) is 10. The number of ether oxygens (including phenoxy) is 3. The van der Waals surface area contributed by atoms with Gasteiger partial charge in [0.2, 0.25) is 5.91 Å². The van der Waals surface area contributed by atoms with Gasteiger partial charge in [-0.2, -0.15) is 0 Å². The zero-order valence-electron chi connectivity index (χ0n) is 53.1. The molecule has 3 heterocycles. The van der Waals surface area contributed by atoms with Crippen molar-refractivity contribution in [2.75, 3.05) is 35.4 Å². The van der Waals surface area contributed by atoms with Crippen LogP contribution in [0.15, 0.2) is 205 Å². The van der Waals surface area contributed by atoms with Crippen molar-refractivity contribution in [2.45, 2.75) is 120 Å². The van der Waals surface area contributed by atoms with Crippen molar-refractivity contribution in [1.29, 1.82) is 0 Å². The lowest BCUT2D eigenvalue weighted by Crippen LogP contribution is -2.43. The molecule has 0 saturated heterocycles. The zero-order valence-corrected chi connectivity index (χ0v) is 53.1. The van der Waals surface area contributed by atoms with Gasteiger partial charge < -0.3 is 39.1 Å². The van der Waals surface area contributed by atoms with Crippen LogP contribution in [0.4, 0.5) is 0 Å². The minimum atomic E-state index is -0.773. The zero-order chi connectivity index (χ0) is 62.3. The summed E-state index contributed by atoms with van der Waals surface area (Å²) in [6.45, 7) is 23.6. The molecule has 0 bridgehead atoms. The van der Waals surface area contributed by atoms with Crippen LogP contribution in [-0.4, -0.2) is 96.7 Å². The lowest BCUT2D eigenvalue weighted by molar-refractivity contribution is -0.135. The summed E-state index contributed by atoms with van der Waals surface area (Å²) in [4.78, 5) is 58.7. The highest BCUT2D eigenvalue weighted by Gasteiger charge is 2.38. The number of amides is 2. The van der Waals surface area contributed by atoms with Crippen molar-refractivity contribution >= 4 is 23.6 Å². The Morgan fingerprint density at radius 2 is 1.05 bits per heavy atom. The van der Waals surface area contributed by atoms with Crippen LogP contribution < -0.4 is 14.8 Å². The van der Waals surface area contributed by atoms with E-state index in [9.17, 15) is 19.2 Å². The molecule has 460 valence electrons. The number of Topliss-reactive ketones (excluding diaryl/α,β-unsaturated/α-hetero) is 1. The number of nitrogens with one attached hydrogen (secondary N) is 1. The Labute approximate surface area is 519 Å². The number of ketones is 1. The van der Waals surface area contributed by atoms with Crippen molar-refractivity contribution < 1.29 is 33.4 Å². The molecule has 2 amide bonds. The quantitative estimate of drug-likeness (QED) is 0.0965. The number of methoxy groups -OCH3 is 3. The molecular weight excluding hydrogens is 1080 g/mol. The van der Waals surface area contributed by atoms with Gasteiger partial charge in [-0.25, -0.2) is 4.79 Å². The Balaban J connectivity index is 0.000000189. The summed E-state index contributed by atoms with van der Waals surface area (Å²) in [5.74, 6) is 1.75. The second-order valence-corrected chi connectivity index (χ2v) is 26.2. The summed E-state index contributed by atoms with van der Waals surface area (Å²) in [6.07, 6.45) is 31.3. The predicted molar refractivity (Wildman–Crippen MR) is 351 cm³/mol. The summed E-state index contributed by atoms with van der Waals surface area (Å²) in [6, 6.07) is 30.5. The normalized spacial score (nSPS) is 20.7. The number of fused-ring (bicyclic) bond motifs is 3. The lowest BCUT2D eigenvalue weighted by atomic mass is 9.80. The van der Waals surface area contributed by atoms with E-state index in [0.717, 1.165) is 41.1 Å². The summed E-state index contributed by atoms with van der Waals surface area (Å²) < 4.78 is 15.8. The number of likely N-dealkylation sites (N-methyl/N-ethyl adjacent to an activating group) is 2. The molecule has 6 aliphatic rings. The topological polar surface area (TPSA) is 121 Å². The number of carbonyl (C=O) groups excluding carboxylic acids is 4. The molecule has 10 rings (SSSR count). The molecule has 1 N–H and O–H groups in total. The first-order valence-corrected chi connectivity index (χ1v) is 29.9. The van der Waals surface area contributed by atoms with Crippen LogP contribution in [0.2, 0.25) is 0 Å². The number of carbonyl (C=O) groups is 4. The molecule has 0 radical (unpaired) electrons. The second kappa shape index (κ2) is 28.0. The summed E-state index contributed by atoms with van der Waals surface area (Å²) in [5, 5.41) is 3.04. The fourth-order valence-corrected chi connectivity index (χ4v) is 11.6. The Morgan fingerprint density at radius 1 is 0.575 bits per heavy atom. The van der Waals surface area contributed by atoms with E-state index in [1.165, 1.54) is 23.8 Å². The number of esters is 1. The summed E-state index contributed by atoms with van der Waals surface area (Å²) in [7, 11) is 8.39. The molecular formula is C75H93N5O7. The van der Waals surface area contributed by atoms with Crippen molar-refractivity contribution in [2.24, 2.45) is 34.0 Å². The maximum absolute atomic E-state index is 13.5. The van der Waals surface area contributed by atoms with Crippen LogP contribution in [0.1, 0.15) is 126 Å². The van der Waals surface area contributed by atoms with E-state index in [1.54, 1.807) is 45.2 Å². The first-order chi connectivity index (χ1) is 40.8. The van der Waals surface area contributed by atoms with E-state index < -0.39 is 6.04 Å². The van der Waals surface area contributed by atoms with Gasteiger partial charge in [-0.05, 0) is 87.7 Å². The fourth-order valence-electron chi connectivity index (χ4n) is 11.6. The average molecular weight is 1180 g/mol. The van der Waals surface area contributed by atoms with Gasteiger partial charge in [-0.3, -0.25) is 14.4 Å². The number of rotatable bonds is 14. The predicted octanol–water partition coefficient (Wildman–Crippen LogP) is 14.6. The Hall–Kier alpha value is -8.38. The third kappa shape index (κ3) is 16.0. The molecule has 0 aromatic heterocycles. The van der Waals surface area contributed by atoms with Gasteiger partial charge >= 0.3 is 5.97 Å². The number of benzene rings is 4. The summed E-state index contributed by atoms with van der Waals surface area (Å²) in [5.41, 5.74) is 10.1. The van der Waals surface area contributed by atoms with Crippen LogP contribution in [0.25, 0.3) is 0 Å². The molecule has 3 aliphatic carbocycles. The van der Waals surface area contributed by atoms with Crippen LogP contribution in [-0.2, 0) is 34.0 Å². The van der Waals surface area contributed by atoms with Gasteiger partial charge in [-0.15, -0.1) is 0 Å². The SMILES string of the molecule is C.CN(Cc1ccccc1)C(=O)C(NC(=O)C1=CC2C=C(C(C)(C)C)C=CC2N1C)c1ccccc1.COC(=O)c1ccc(CN2C=CC3C=CC(C(C)(C)C)=CC32)c(OC)c1.COc1cc(C(C)=O)ccc1CN1C=CC2C=CC(C(C)(C)C)=CC21. The van der Waals surface area contributed by atoms with Gasteiger partial charge in [0.25, 0.3) is 5.91 Å². The minimum absolute atomic E-state index is 0. The highest BCUT2D eigenvalue weighted by atomic mass is 16.5. The lowest BCUT2D eigenvalue weighted by Gasteiger charge is -2.32. The molecule has 12 nitrogen and oxygen atoms in total. The molecule has 7 unspecified atom stereocenters. The third-order valence-electron chi connectivity index (χ3n) is 16.9.